The zero-order valence-electron chi connectivity index (χ0n) is 26.1. The third-order valence-corrected chi connectivity index (χ3v) is 7.94. The zero-order chi connectivity index (χ0) is 31.7. The molecule has 0 aliphatic carbocycles. The number of fused-ring (bicyclic) bond motifs is 1. The SMILES string of the molecule is C=CC(C=C)OCCCCCOc1ccc(-c2ccc(-c3ccc(OCCCCCOC(C=C)C=C)cc3)c3nsnc23)cc1. The van der Waals surface area contributed by atoms with Crippen LogP contribution in [0.1, 0.15) is 38.5 Å². The van der Waals surface area contributed by atoms with Gasteiger partial charge in [-0.1, -0.05) is 60.7 Å². The molecule has 0 amide bonds. The summed E-state index contributed by atoms with van der Waals surface area (Å²) in [6, 6.07) is 20.7. The summed E-state index contributed by atoms with van der Waals surface area (Å²) in [6.07, 6.45) is 12.9. The van der Waals surface area contributed by atoms with Crippen LogP contribution in [0.3, 0.4) is 0 Å². The van der Waals surface area contributed by atoms with Crippen molar-refractivity contribution in [2.45, 2.75) is 50.7 Å². The van der Waals surface area contributed by atoms with E-state index in [1.807, 2.05) is 24.3 Å². The molecule has 4 aromatic rings. The second-order valence-corrected chi connectivity index (χ2v) is 11.1. The van der Waals surface area contributed by atoms with Gasteiger partial charge in [0, 0.05) is 24.3 Å². The van der Waals surface area contributed by atoms with E-state index in [4.69, 9.17) is 18.9 Å². The molecule has 1 heterocycles. The van der Waals surface area contributed by atoms with Gasteiger partial charge in [-0.3, -0.25) is 0 Å². The monoisotopic (exact) mass is 624 g/mol. The highest BCUT2D eigenvalue weighted by atomic mass is 32.1. The Kier molecular flexibility index (Phi) is 14.1. The molecule has 0 fully saturated rings. The van der Waals surface area contributed by atoms with Gasteiger partial charge in [-0.2, -0.15) is 8.75 Å². The molecule has 236 valence electrons. The molecule has 3 aromatic carbocycles. The number of hydrogen-bond donors (Lipinski definition) is 0. The van der Waals surface area contributed by atoms with Gasteiger partial charge in [-0.15, -0.1) is 26.3 Å². The quantitative estimate of drug-likeness (QED) is 0.0641. The van der Waals surface area contributed by atoms with E-state index < -0.39 is 0 Å². The van der Waals surface area contributed by atoms with Crippen LogP contribution in [0.25, 0.3) is 33.3 Å². The first kappa shape index (κ1) is 33.8. The van der Waals surface area contributed by atoms with E-state index in [1.54, 1.807) is 24.3 Å². The van der Waals surface area contributed by atoms with Gasteiger partial charge in [-0.05, 0) is 73.9 Å². The average molecular weight is 625 g/mol. The molecule has 0 aliphatic heterocycles. The van der Waals surface area contributed by atoms with Crippen molar-refractivity contribution in [1.82, 2.24) is 8.75 Å². The molecule has 0 saturated carbocycles. The summed E-state index contributed by atoms with van der Waals surface area (Å²) in [5.74, 6) is 1.72. The van der Waals surface area contributed by atoms with Crippen LogP contribution in [-0.4, -0.2) is 47.4 Å². The van der Waals surface area contributed by atoms with Gasteiger partial charge in [0.05, 0.1) is 37.1 Å². The first-order valence-electron chi connectivity index (χ1n) is 15.6. The third kappa shape index (κ3) is 10.2. The van der Waals surface area contributed by atoms with Crippen LogP contribution in [-0.2, 0) is 9.47 Å². The van der Waals surface area contributed by atoms with Crippen molar-refractivity contribution >= 4 is 22.8 Å². The van der Waals surface area contributed by atoms with E-state index in [0.29, 0.717) is 26.4 Å². The standard InChI is InChI=1S/C38H44N2O4S/c1-5-31(6-2)41-25-11-9-13-27-43-33-19-15-29(16-20-33)35-23-24-36(38-37(35)39-45-40-38)30-17-21-34(22-18-30)44-28-14-10-12-26-42-32(7-3)8-4/h5-8,15-24,31-32H,1-4,9-14,25-28H2. The van der Waals surface area contributed by atoms with Crippen molar-refractivity contribution in [2.24, 2.45) is 0 Å². The highest BCUT2D eigenvalue weighted by Crippen LogP contribution is 2.35. The molecule has 0 bridgehead atoms. The molecule has 0 atom stereocenters. The molecular weight excluding hydrogens is 580 g/mol. The van der Waals surface area contributed by atoms with Crippen molar-refractivity contribution in [3.05, 3.63) is 111 Å². The summed E-state index contributed by atoms with van der Waals surface area (Å²) in [6.45, 7) is 17.7. The molecule has 0 aliphatic rings. The fraction of sp³-hybridized carbons (Fsp3) is 0.316. The van der Waals surface area contributed by atoms with Crippen molar-refractivity contribution in [3.8, 4) is 33.8 Å². The van der Waals surface area contributed by atoms with Crippen molar-refractivity contribution in [3.63, 3.8) is 0 Å². The number of unbranched alkanes of at least 4 members (excludes halogenated alkanes) is 4. The second kappa shape index (κ2) is 18.7. The highest BCUT2D eigenvalue weighted by Gasteiger charge is 2.14. The summed E-state index contributed by atoms with van der Waals surface area (Å²) >= 11 is 1.24. The number of rotatable bonds is 22. The maximum atomic E-state index is 5.97. The van der Waals surface area contributed by atoms with Gasteiger partial charge in [0.2, 0.25) is 0 Å². The lowest BCUT2D eigenvalue weighted by Gasteiger charge is -2.11. The van der Waals surface area contributed by atoms with Crippen molar-refractivity contribution in [2.75, 3.05) is 26.4 Å². The molecule has 4 rings (SSSR count). The Bertz CT molecular complexity index is 1370. The number of benzene rings is 3. The molecule has 0 spiro atoms. The predicted molar refractivity (Wildman–Crippen MR) is 187 cm³/mol. The summed E-state index contributed by atoms with van der Waals surface area (Å²) in [4.78, 5) is 0. The Balaban J connectivity index is 1.25. The van der Waals surface area contributed by atoms with Crippen molar-refractivity contribution in [1.29, 1.82) is 0 Å². The van der Waals surface area contributed by atoms with Crippen LogP contribution in [0.15, 0.2) is 111 Å². The van der Waals surface area contributed by atoms with E-state index in [1.165, 1.54) is 11.7 Å². The van der Waals surface area contributed by atoms with E-state index >= 15 is 0 Å². The van der Waals surface area contributed by atoms with Crippen LogP contribution in [0, 0.1) is 0 Å². The van der Waals surface area contributed by atoms with Gasteiger partial charge in [0.25, 0.3) is 0 Å². The van der Waals surface area contributed by atoms with Gasteiger partial charge in [0.1, 0.15) is 22.5 Å². The summed E-state index contributed by atoms with van der Waals surface area (Å²) < 4.78 is 32.6. The predicted octanol–water partition coefficient (Wildman–Crippen LogP) is 9.64. The molecular formula is C38H44N2O4S. The molecule has 0 saturated heterocycles. The molecule has 1 aromatic heterocycles. The minimum Gasteiger partial charge on any atom is -0.494 e. The summed E-state index contributed by atoms with van der Waals surface area (Å²) in [5, 5.41) is 0. The molecule has 0 radical (unpaired) electrons. The highest BCUT2D eigenvalue weighted by molar-refractivity contribution is 7.00. The Morgan fingerprint density at radius 2 is 0.889 bits per heavy atom. The van der Waals surface area contributed by atoms with Crippen LogP contribution < -0.4 is 9.47 Å². The van der Waals surface area contributed by atoms with Crippen LogP contribution >= 0.6 is 11.7 Å². The Morgan fingerprint density at radius 1 is 0.511 bits per heavy atom. The average Bonchev–Trinajstić information content (AvgIpc) is 3.58. The van der Waals surface area contributed by atoms with Crippen molar-refractivity contribution < 1.29 is 18.9 Å². The molecule has 6 nitrogen and oxygen atoms in total. The lowest BCUT2D eigenvalue weighted by Crippen LogP contribution is -2.07. The topological polar surface area (TPSA) is 62.7 Å². The van der Waals surface area contributed by atoms with Gasteiger partial charge in [-0.25, -0.2) is 0 Å². The minimum absolute atomic E-state index is 0.0734. The van der Waals surface area contributed by atoms with Crippen LogP contribution in [0.5, 0.6) is 11.5 Å². The first-order valence-corrected chi connectivity index (χ1v) is 16.3. The number of ether oxygens (including phenoxy) is 4. The number of nitrogens with zero attached hydrogens (tertiary/aromatic N) is 2. The molecule has 7 heteroatoms. The van der Waals surface area contributed by atoms with Gasteiger partial charge < -0.3 is 18.9 Å². The van der Waals surface area contributed by atoms with Crippen LogP contribution in [0.2, 0.25) is 0 Å². The molecule has 0 unspecified atom stereocenters. The number of aromatic nitrogens is 2. The van der Waals surface area contributed by atoms with E-state index in [9.17, 15) is 0 Å². The Labute approximate surface area is 272 Å². The minimum atomic E-state index is -0.0734. The molecule has 45 heavy (non-hydrogen) atoms. The zero-order valence-corrected chi connectivity index (χ0v) is 26.9. The lowest BCUT2D eigenvalue weighted by atomic mass is 9.98. The normalized spacial score (nSPS) is 11.2. The smallest absolute Gasteiger partial charge is 0.119 e. The first-order chi connectivity index (χ1) is 22.2. The Morgan fingerprint density at radius 3 is 1.27 bits per heavy atom. The van der Waals surface area contributed by atoms with Gasteiger partial charge >= 0.3 is 0 Å². The maximum Gasteiger partial charge on any atom is 0.119 e. The van der Waals surface area contributed by atoms with Gasteiger partial charge in [0.15, 0.2) is 0 Å². The lowest BCUT2D eigenvalue weighted by molar-refractivity contribution is 0.111. The largest absolute Gasteiger partial charge is 0.494 e. The van der Waals surface area contributed by atoms with Crippen LogP contribution in [0.4, 0.5) is 0 Å². The third-order valence-electron chi connectivity index (χ3n) is 7.41. The Hall–Kier alpha value is -4.04. The van der Waals surface area contributed by atoms with E-state index in [-0.39, 0.29) is 12.2 Å². The fourth-order valence-corrected chi connectivity index (χ4v) is 5.41. The fourth-order valence-electron chi connectivity index (χ4n) is 4.84. The van der Waals surface area contributed by atoms with E-state index in [2.05, 4.69) is 71.5 Å². The second-order valence-electron chi connectivity index (χ2n) is 10.6. The maximum absolute atomic E-state index is 5.97. The summed E-state index contributed by atoms with van der Waals surface area (Å²) in [5.41, 5.74) is 6.08. The number of hydrogen-bond acceptors (Lipinski definition) is 7. The molecule has 0 N–H and O–H groups in total. The summed E-state index contributed by atoms with van der Waals surface area (Å²) in [7, 11) is 0. The van der Waals surface area contributed by atoms with E-state index in [0.717, 1.165) is 83.3 Å².